The van der Waals surface area contributed by atoms with Gasteiger partial charge in [-0.2, -0.15) is 0 Å². The lowest BCUT2D eigenvalue weighted by Gasteiger charge is -2.26. The second kappa shape index (κ2) is 6.70. The Morgan fingerprint density at radius 3 is 2.96 bits per heavy atom. The maximum Gasteiger partial charge on any atom is 0.140 e. The van der Waals surface area contributed by atoms with Crippen LogP contribution >= 0.6 is 11.3 Å². The molecule has 5 nitrogen and oxygen atoms in total. The molecule has 4 rings (SSSR count). The first kappa shape index (κ1) is 15.3. The van der Waals surface area contributed by atoms with Gasteiger partial charge in [0.15, 0.2) is 0 Å². The minimum atomic E-state index is -0.263. The van der Waals surface area contributed by atoms with Crippen molar-refractivity contribution in [3.63, 3.8) is 0 Å². The van der Waals surface area contributed by atoms with E-state index in [0.717, 1.165) is 42.7 Å². The van der Waals surface area contributed by atoms with Gasteiger partial charge in [-0.1, -0.05) is 0 Å². The van der Waals surface area contributed by atoms with Gasteiger partial charge in [0.05, 0.1) is 12.2 Å². The molecule has 3 heterocycles. The number of benzene rings is 1. The van der Waals surface area contributed by atoms with E-state index in [2.05, 4.69) is 24.8 Å². The molecule has 2 aromatic heterocycles. The first-order chi connectivity index (χ1) is 11.8. The zero-order valence-corrected chi connectivity index (χ0v) is 13.9. The van der Waals surface area contributed by atoms with E-state index in [9.17, 15) is 4.39 Å². The lowest BCUT2D eigenvalue weighted by atomic mass is 10.3. The van der Waals surface area contributed by atoms with Gasteiger partial charge in [0, 0.05) is 37.4 Å². The summed E-state index contributed by atoms with van der Waals surface area (Å²) in [6.07, 6.45) is 3.88. The number of fused-ring (bicyclic) bond motifs is 1. The Labute approximate surface area is 143 Å². The molecule has 0 atom stereocenters. The molecule has 0 aliphatic carbocycles. The van der Waals surface area contributed by atoms with Crippen LogP contribution in [0.2, 0.25) is 0 Å². The summed E-state index contributed by atoms with van der Waals surface area (Å²) in [6.45, 7) is 4.05. The Morgan fingerprint density at radius 1 is 1.21 bits per heavy atom. The van der Waals surface area contributed by atoms with Crippen molar-refractivity contribution in [2.45, 2.75) is 26.2 Å². The highest BCUT2D eigenvalue weighted by Crippen LogP contribution is 2.18. The third-order valence-corrected chi connectivity index (χ3v) is 4.86. The van der Waals surface area contributed by atoms with Crippen molar-refractivity contribution < 1.29 is 9.13 Å². The van der Waals surface area contributed by atoms with Crippen LogP contribution in [-0.2, 0) is 26.2 Å². The molecule has 1 aliphatic heterocycles. The Hall–Kier alpha value is -2.25. The third kappa shape index (κ3) is 3.47. The number of imidazole rings is 1. The number of aromatic nitrogens is 3. The molecule has 0 amide bonds. The molecular weight excluding hydrogens is 327 g/mol. The Balaban J connectivity index is 1.33. The monoisotopic (exact) mass is 344 g/mol. The number of nitrogens with zero attached hydrogens (tertiary/aromatic N) is 4. The summed E-state index contributed by atoms with van der Waals surface area (Å²) in [7, 11) is 0. The molecule has 1 aromatic carbocycles. The van der Waals surface area contributed by atoms with Gasteiger partial charge in [-0.25, -0.2) is 14.4 Å². The van der Waals surface area contributed by atoms with Gasteiger partial charge >= 0.3 is 0 Å². The van der Waals surface area contributed by atoms with E-state index in [1.165, 1.54) is 12.1 Å². The zero-order chi connectivity index (χ0) is 16.4. The second-order valence-electron chi connectivity index (χ2n) is 5.72. The first-order valence-corrected chi connectivity index (χ1v) is 8.68. The molecule has 0 fully saturated rings. The fourth-order valence-electron chi connectivity index (χ4n) is 2.75. The van der Waals surface area contributed by atoms with Gasteiger partial charge in [-0.05, 0) is 24.3 Å². The smallest absolute Gasteiger partial charge is 0.140 e. The zero-order valence-electron chi connectivity index (χ0n) is 13.1. The van der Waals surface area contributed by atoms with Crippen molar-refractivity contribution in [3.05, 3.63) is 64.4 Å². The van der Waals surface area contributed by atoms with Crippen molar-refractivity contribution in [1.82, 2.24) is 19.4 Å². The number of rotatable bonds is 5. The van der Waals surface area contributed by atoms with E-state index in [1.807, 2.05) is 12.4 Å². The van der Waals surface area contributed by atoms with Crippen LogP contribution in [0, 0.1) is 5.82 Å². The Morgan fingerprint density at radius 2 is 2.08 bits per heavy atom. The van der Waals surface area contributed by atoms with Crippen LogP contribution in [0.3, 0.4) is 0 Å². The maximum absolute atomic E-state index is 12.9. The molecule has 7 heteroatoms. The van der Waals surface area contributed by atoms with Gasteiger partial charge < -0.3 is 9.30 Å². The summed E-state index contributed by atoms with van der Waals surface area (Å²) in [6, 6.07) is 6.03. The van der Waals surface area contributed by atoms with E-state index >= 15 is 0 Å². The first-order valence-electron chi connectivity index (χ1n) is 7.80. The van der Waals surface area contributed by atoms with Crippen molar-refractivity contribution in [2.24, 2.45) is 0 Å². The minimum Gasteiger partial charge on any atom is -0.486 e. The van der Waals surface area contributed by atoms with Gasteiger partial charge in [0.1, 0.15) is 29.0 Å². The SMILES string of the molecule is Fc1ccc(OCc2nc(CN3CCn4ccnc4C3)cs2)cc1. The van der Waals surface area contributed by atoms with E-state index in [-0.39, 0.29) is 5.82 Å². The predicted octanol–water partition coefficient (Wildman–Crippen LogP) is 3.07. The van der Waals surface area contributed by atoms with Crippen LogP contribution in [0.1, 0.15) is 16.5 Å². The van der Waals surface area contributed by atoms with Gasteiger partial charge in [0.2, 0.25) is 0 Å². The predicted molar refractivity (Wildman–Crippen MR) is 89.2 cm³/mol. The van der Waals surface area contributed by atoms with Crippen LogP contribution < -0.4 is 4.74 Å². The van der Waals surface area contributed by atoms with Crippen LogP contribution in [-0.4, -0.2) is 26.0 Å². The molecule has 1 aliphatic rings. The summed E-state index contributed by atoms with van der Waals surface area (Å²) in [5, 5.41) is 3.00. The van der Waals surface area contributed by atoms with E-state index in [4.69, 9.17) is 4.74 Å². The summed E-state index contributed by atoms with van der Waals surface area (Å²) < 4.78 is 20.7. The molecule has 24 heavy (non-hydrogen) atoms. The molecule has 0 saturated carbocycles. The quantitative estimate of drug-likeness (QED) is 0.713. The van der Waals surface area contributed by atoms with Gasteiger partial charge in [-0.15, -0.1) is 11.3 Å². The maximum atomic E-state index is 12.9. The Bertz CT molecular complexity index is 814. The molecule has 0 radical (unpaired) electrons. The van der Waals surface area contributed by atoms with E-state index in [1.54, 1.807) is 23.5 Å². The fraction of sp³-hybridized carbons (Fsp3) is 0.294. The minimum absolute atomic E-state index is 0.263. The molecule has 3 aromatic rings. The summed E-state index contributed by atoms with van der Waals surface area (Å²) in [4.78, 5) is 11.4. The Kier molecular flexibility index (Phi) is 4.27. The molecule has 0 spiro atoms. The third-order valence-electron chi connectivity index (χ3n) is 3.98. The van der Waals surface area contributed by atoms with Crippen molar-refractivity contribution in [1.29, 1.82) is 0 Å². The lowest BCUT2D eigenvalue weighted by Crippen LogP contribution is -2.33. The molecular formula is C17H17FN4OS. The topological polar surface area (TPSA) is 43.2 Å². The molecule has 124 valence electrons. The van der Waals surface area contributed by atoms with Crippen LogP contribution in [0.5, 0.6) is 5.75 Å². The summed E-state index contributed by atoms with van der Waals surface area (Å²) in [5.74, 6) is 1.49. The highest BCUT2D eigenvalue weighted by atomic mass is 32.1. The summed E-state index contributed by atoms with van der Waals surface area (Å²) >= 11 is 1.59. The molecule has 0 N–H and O–H groups in total. The van der Waals surface area contributed by atoms with Crippen molar-refractivity contribution in [2.75, 3.05) is 6.54 Å². The molecule has 0 unspecified atom stereocenters. The standard InChI is InChI=1S/C17H17FN4OS/c18-13-1-3-15(4-2-13)23-11-17-20-14(12-24-17)9-21-7-8-22-6-5-19-16(22)10-21/h1-6,12H,7-11H2. The normalized spacial score (nSPS) is 14.5. The van der Waals surface area contributed by atoms with Gasteiger partial charge in [-0.3, -0.25) is 4.90 Å². The highest BCUT2D eigenvalue weighted by molar-refractivity contribution is 7.09. The van der Waals surface area contributed by atoms with E-state index in [0.29, 0.717) is 12.4 Å². The van der Waals surface area contributed by atoms with E-state index < -0.39 is 0 Å². The van der Waals surface area contributed by atoms with Crippen molar-refractivity contribution in [3.8, 4) is 5.75 Å². The van der Waals surface area contributed by atoms with Crippen molar-refractivity contribution >= 4 is 11.3 Å². The summed E-state index contributed by atoms with van der Waals surface area (Å²) in [5.41, 5.74) is 1.05. The van der Waals surface area contributed by atoms with Gasteiger partial charge in [0.25, 0.3) is 0 Å². The largest absolute Gasteiger partial charge is 0.486 e. The van der Waals surface area contributed by atoms with Crippen LogP contribution in [0.4, 0.5) is 4.39 Å². The fourth-order valence-corrected chi connectivity index (χ4v) is 3.45. The second-order valence-corrected chi connectivity index (χ2v) is 6.67. The van der Waals surface area contributed by atoms with Crippen LogP contribution in [0.15, 0.2) is 42.0 Å². The molecule has 0 bridgehead atoms. The number of ether oxygens (including phenoxy) is 1. The number of hydrogen-bond donors (Lipinski definition) is 0. The number of hydrogen-bond acceptors (Lipinski definition) is 5. The molecule has 0 saturated heterocycles. The average molecular weight is 344 g/mol. The number of thiazole rings is 1. The number of halogens is 1. The average Bonchev–Trinajstić information content (AvgIpc) is 3.23. The van der Waals surface area contributed by atoms with Crippen LogP contribution in [0.25, 0.3) is 0 Å². The lowest BCUT2D eigenvalue weighted by molar-refractivity contribution is 0.206. The highest BCUT2D eigenvalue weighted by Gasteiger charge is 2.17.